The van der Waals surface area contributed by atoms with E-state index in [2.05, 4.69) is 10.2 Å². The molecule has 0 radical (unpaired) electrons. The minimum absolute atomic E-state index is 0.0339. The Morgan fingerprint density at radius 1 is 1.32 bits per heavy atom. The Morgan fingerprint density at radius 3 is 2.68 bits per heavy atom. The van der Waals surface area contributed by atoms with Crippen LogP contribution < -0.4 is 5.32 Å². The maximum Gasteiger partial charge on any atom is 0.263 e. The summed E-state index contributed by atoms with van der Waals surface area (Å²) in [4.78, 5) is 30.0. The summed E-state index contributed by atoms with van der Waals surface area (Å²) in [7, 11) is 7.52. The van der Waals surface area contributed by atoms with Gasteiger partial charge in [0, 0.05) is 38.0 Å². The van der Waals surface area contributed by atoms with E-state index in [0.29, 0.717) is 6.54 Å². The van der Waals surface area contributed by atoms with Crippen LogP contribution in [0.15, 0.2) is 6.07 Å². The van der Waals surface area contributed by atoms with Gasteiger partial charge in [-0.3, -0.25) is 9.59 Å². The molecule has 5 nitrogen and oxygen atoms in total. The molecule has 1 aromatic heterocycles. The standard InChI is InChI=1S/C16H25N3O2S/c1-18(2)8-7-17-15(20)11-5-6-13-12(9-11)10-14(22-13)16(21)19(3)4/h10-11H,5-9H2,1-4H3,(H,17,20). The number of thiophene rings is 1. The van der Waals surface area contributed by atoms with E-state index in [-0.39, 0.29) is 17.7 Å². The first-order valence-electron chi connectivity index (χ1n) is 7.64. The molecule has 1 unspecified atom stereocenters. The number of rotatable bonds is 5. The van der Waals surface area contributed by atoms with Gasteiger partial charge in [-0.05, 0) is 45.0 Å². The van der Waals surface area contributed by atoms with Crippen molar-refractivity contribution in [2.75, 3.05) is 41.3 Å². The Morgan fingerprint density at radius 2 is 2.05 bits per heavy atom. The number of carbonyl (C=O) groups excluding carboxylic acids is 2. The Kier molecular flexibility index (Phi) is 5.58. The van der Waals surface area contributed by atoms with Crippen molar-refractivity contribution >= 4 is 23.2 Å². The van der Waals surface area contributed by atoms with E-state index in [1.165, 1.54) is 10.4 Å². The highest BCUT2D eigenvalue weighted by molar-refractivity contribution is 7.14. The Hall–Kier alpha value is -1.40. The predicted molar refractivity (Wildman–Crippen MR) is 89.4 cm³/mol. The summed E-state index contributed by atoms with van der Waals surface area (Å²) < 4.78 is 0. The van der Waals surface area contributed by atoms with Crippen molar-refractivity contribution in [2.24, 2.45) is 5.92 Å². The Bertz CT molecular complexity index is 552. The topological polar surface area (TPSA) is 52.7 Å². The van der Waals surface area contributed by atoms with E-state index in [0.717, 1.165) is 30.7 Å². The number of carbonyl (C=O) groups is 2. The van der Waals surface area contributed by atoms with Crippen LogP contribution in [0.3, 0.4) is 0 Å². The lowest BCUT2D eigenvalue weighted by Gasteiger charge is -2.21. The van der Waals surface area contributed by atoms with Crippen LogP contribution in [0.4, 0.5) is 0 Å². The third-order valence-corrected chi connectivity index (χ3v) is 5.15. The molecule has 1 atom stereocenters. The average Bonchev–Trinajstić information content (AvgIpc) is 2.88. The monoisotopic (exact) mass is 323 g/mol. The number of likely N-dealkylation sites (N-methyl/N-ethyl adjacent to an activating group) is 1. The van der Waals surface area contributed by atoms with Gasteiger partial charge in [0.15, 0.2) is 0 Å². The van der Waals surface area contributed by atoms with Gasteiger partial charge < -0.3 is 15.1 Å². The van der Waals surface area contributed by atoms with Crippen LogP contribution in [0, 0.1) is 5.92 Å². The first kappa shape index (κ1) is 17.0. The molecule has 0 saturated carbocycles. The van der Waals surface area contributed by atoms with Crippen molar-refractivity contribution in [1.82, 2.24) is 15.1 Å². The van der Waals surface area contributed by atoms with Gasteiger partial charge in [-0.15, -0.1) is 11.3 Å². The van der Waals surface area contributed by atoms with Crippen LogP contribution in [-0.2, 0) is 17.6 Å². The number of nitrogens with one attached hydrogen (secondary N) is 1. The summed E-state index contributed by atoms with van der Waals surface area (Å²) >= 11 is 1.58. The Labute approximate surface area is 136 Å². The molecule has 0 fully saturated rings. The summed E-state index contributed by atoms with van der Waals surface area (Å²) in [5.41, 5.74) is 1.18. The quantitative estimate of drug-likeness (QED) is 0.887. The third kappa shape index (κ3) is 4.08. The Balaban J connectivity index is 1.96. The van der Waals surface area contributed by atoms with Crippen molar-refractivity contribution in [3.8, 4) is 0 Å². The lowest BCUT2D eigenvalue weighted by Crippen LogP contribution is -2.37. The summed E-state index contributed by atoms with van der Waals surface area (Å²) in [5.74, 6) is 0.220. The van der Waals surface area contributed by atoms with Crippen molar-refractivity contribution in [2.45, 2.75) is 19.3 Å². The predicted octanol–water partition coefficient (Wildman–Crippen LogP) is 1.23. The van der Waals surface area contributed by atoms with E-state index < -0.39 is 0 Å². The first-order valence-corrected chi connectivity index (χ1v) is 8.45. The van der Waals surface area contributed by atoms with E-state index in [1.807, 2.05) is 20.2 Å². The lowest BCUT2D eigenvalue weighted by molar-refractivity contribution is -0.125. The molecule has 1 N–H and O–H groups in total. The molecule has 0 spiro atoms. The summed E-state index contributed by atoms with van der Waals surface area (Å²) in [6.45, 7) is 1.53. The molecule has 122 valence electrons. The van der Waals surface area contributed by atoms with Crippen molar-refractivity contribution in [3.05, 3.63) is 21.4 Å². The van der Waals surface area contributed by atoms with Gasteiger partial charge >= 0.3 is 0 Å². The van der Waals surface area contributed by atoms with Gasteiger partial charge in [0.05, 0.1) is 4.88 Å². The molecule has 0 aromatic carbocycles. The third-order valence-electron chi connectivity index (χ3n) is 3.93. The molecule has 0 saturated heterocycles. The van der Waals surface area contributed by atoms with Gasteiger partial charge in [0.2, 0.25) is 5.91 Å². The molecule has 0 aliphatic heterocycles. The zero-order chi connectivity index (χ0) is 16.3. The molecule has 2 rings (SSSR count). The van der Waals surface area contributed by atoms with Gasteiger partial charge in [-0.2, -0.15) is 0 Å². The molecule has 22 heavy (non-hydrogen) atoms. The molecular formula is C16H25N3O2S. The van der Waals surface area contributed by atoms with Crippen LogP contribution in [0.1, 0.15) is 26.5 Å². The minimum Gasteiger partial charge on any atom is -0.355 e. The summed E-state index contributed by atoms with van der Waals surface area (Å²) in [6.07, 6.45) is 2.52. The molecule has 6 heteroatoms. The molecule has 1 aliphatic rings. The zero-order valence-electron chi connectivity index (χ0n) is 13.8. The van der Waals surface area contributed by atoms with E-state index in [4.69, 9.17) is 0 Å². The molecule has 0 bridgehead atoms. The van der Waals surface area contributed by atoms with Crippen molar-refractivity contribution < 1.29 is 9.59 Å². The van der Waals surface area contributed by atoms with Gasteiger partial charge in [0.25, 0.3) is 5.91 Å². The van der Waals surface area contributed by atoms with E-state index in [9.17, 15) is 9.59 Å². The summed E-state index contributed by atoms with van der Waals surface area (Å²) in [6, 6.07) is 1.97. The molecule has 1 aliphatic carbocycles. The number of fused-ring (bicyclic) bond motifs is 1. The second kappa shape index (κ2) is 7.24. The SMILES string of the molecule is CN(C)CCNC(=O)C1CCc2sc(C(=O)N(C)C)cc2C1. The number of hydrogen-bond donors (Lipinski definition) is 1. The van der Waals surface area contributed by atoms with Gasteiger partial charge in [-0.25, -0.2) is 0 Å². The van der Waals surface area contributed by atoms with Crippen LogP contribution in [-0.4, -0.2) is 62.9 Å². The van der Waals surface area contributed by atoms with E-state index >= 15 is 0 Å². The first-order chi connectivity index (χ1) is 10.4. The molecule has 1 heterocycles. The highest BCUT2D eigenvalue weighted by Gasteiger charge is 2.27. The zero-order valence-corrected chi connectivity index (χ0v) is 14.6. The van der Waals surface area contributed by atoms with Crippen LogP contribution in [0.5, 0.6) is 0 Å². The fraction of sp³-hybridized carbons (Fsp3) is 0.625. The molecule has 2 amide bonds. The fourth-order valence-electron chi connectivity index (χ4n) is 2.62. The van der Waals surface area contributed by atoms with Gasteiger partial charge in [0.1, 0.15) is 0 Å². The number of amides is 2. The van der Waals surface area contributed by atoms with Gasteiger partial charge in [-0.1, -0.05) is 0 Å². The molecular weight excluding hydrogens is 298 g/mol. The highest BCUT2D eigenvalue weighted by Crippen LogP contribution is 2.32. The smallest absolute Gasteiger partial charge is 0.263 e. The maximum atomic E-state index is 12.2. The van der Waals surface area contributed by atoms with Crippen molar-refractivity contribution in [3.63, 3.8) is 0 Å². The van der Waals surface area contributed by atoms with Crippen LogP contribution in [0.25, 0.3) is 0 Å². The number of hydrogen-bond acceptors (Lipinski definition) is 4. The molecule has 1 aromatic rings. The fourth-order valence-corrected chi connectivity index (χ4v) is 3.85. The normalized spacial score (nSPS) is 17.2. The summed E-state index contributed by atoms with van der Waals surface area (Å²) in [5, 5.41) is 3.01. The number of aryl methyl sites for hydroxylation is 1. The van der Waals surface area contributed by atoms with Crippen molar-refractivity contribution in [1.29, 1.82) is 0 Å². The lowest BCUT2D eigenvalue weighted by atomic mass is 9.88. The van der Waals surface area contributed by atoms with Crippen LogP contribution >= 0.6 is 11.3 Å². The maximum absolute atomic E-state index is 12.2. The largest absolute Gasteiger partial charge is 0.355 e. The number of nitrogens with zero attached hydrogens (tertiary/aromatic N) is 2. The van der Waals surface area contributed by atoms with E-state index in [1.54, 1.807) is 30.3 Å². The minimum atomic E-state index is 0.0339. The second-order valence-electron chi connectivity index (χ2n) is 6.29. The second-order valence-corrected chi connectivity index (χ2v) is 7.43. The highest BCUT2D eigenvalue weighted by atomic mass is 32.1. The average molecular weight is 323 g/mol. The van der Waals surface area contributed by atoms with Crippen LogP contribution in [0.2, 0.25) is 0 Å².